The van der Waals surface area contributed by atoms with Crippen molar-refractivity contribution in [3.63, 3.8) is 0 Å². The van der Waals surface area contributed by atoms with Crippen LogP contribution in [0.25, 0.3) is 11.0 Å². The van der Waals surface area contributed by atoms with E-state index in [1.54, 1.807) is 25.4 Å². The van der Waals surface area contributed by atoms with Gasteiger partial charge < -0.3 is 19.2 Å². The van der Waals surface area contributed by atoms with Crippen molar-refractivity contribution in [2.45, 2.75) is 33.4 Å². The van der Waals surface area contributed by atoms with Crippen LogP contribution in [0.1, 0.15) is 35.4 Å². The van der Waals surface area contributed by atoms with Crippen LogP contribution in [0.5, 0.6) is 5.75 Å². The third kappa shape index (κ3) is 3.78. The van der Waals surface area contributed by atoms with Crippen LogP contribution in [0.15, 0.2) is 54.9 Å². The van der Waals surface area contributed by atoms with Crippen LogP contribution >= 0.6 is 0 Å². The summed E-state index contributed by atoms with van der Waals surface area (Å²) in [5, 5.41) is 2.96. The quantitative estimate of drug-likeness (QED) is 0.500. The number of amides is 1. The van der Waals surface area contributed by atoms with Gasteiger partial charge in [-0.15, -0.1) is 0 Å². The van der Waals surface area contributed by atoms with Gasteiger partial charge in [0, 0.05) is 24.6 Å². The number of imidazole rings is 2. The molecule has 30 heavy (non-hydrogen) atoms. The van der Waals surface area contributed by atoms with Gasteiger partial charge in [0.25, 0.3) is 5.91 Å². The Labute approximate surface area is 175 Å². The highest BCUT2D eigenvalue weighted by Gasteiger charge is 2.15. The van der Waals surface area contributed by atoms with Crippen LogP contribution < -0.4 is 10.1 Å². The van der Waals surface area contributed by atoms with E-state index in [0.29, 0.717) is 23.5 Å². The smallest absolute Gasteiger partial charge is 0.259 e. The normalized spacial score (nSPS) is 11.0. The second-order valence-corrected chi connectivity index (χ2v) is 7.14. The molecule has 4 rings (SSSR count). The van der Waals surface area contributed by atoms with E-state index in [4.69, 9.17) is 9.72 Å². The minimum atomic E-state index is -0.214. The van der Waals surface area contributed by atoms with E-state index < -0.39 is 0 Å². The first-order valence-electron chi connectivity index (χ1n) is 10.0. The van der Waals surface area contributed by atoms with Gasteiger partial charge in [-0.2, -0.15) is 0 Å². The lowest BCUT2D eigenvalue weighted by Gasteiger charge is -2.10. The summed E-state index contributed by atoms with van der Waals surface area (Å²) in [7, 11) is 1.56. The van der Waals surface area contributed by atoms with E-state index in [-0.39, 0.29) is 5.91 Å². The van der Waals surface area contributed by atoms with Gasteiger partial charge in [0.05, 0.1) is 30.3 Å². The highest BCUT2D eigenvalue weighted by atomic mass is 16.5. The number of anilines is 1. The molecule has 0 aliphatic rings. The van der Waals surface area contributed by atoms with Crippen molar-refractivity contribution >= 4 is 22.6 Å². The number of ether oxygens (including phenoxy) is 1. The zero-order valence-corrected chi connectivity index (χ0v) is 17.4. The molecule has 2 aromatic heterocycles. The maximum Gasteiger partial charge on any atom is 0.259 e. The average Bonchev–Trinajstić information content (AvgIpc) is 3.31. The monoisotopic (exact) mass is 403 g/mol. The Kier molecular flexibility index (Phi) is 5.52. The third-order valence-electron chi connectivity index (χ3n) is 5.12. The van der Waals surface area contributed by atoms with Crippen molar-refractivity contribution in [1.82, 2.24) is 19.1 Å². The summed E-state index contributed by atoms with van der Waals surface area (Å²) in [4.78, 5) is 21.9. The summed E-state index contributed by atoms with van der Waals surface area (Å²) in [5.74, 6) is 2.26. The lowest BCUT2D eigenvalue weighted by atomic mass is 10.2. The average molecular weight is 403 g/mol. The van der Waals surface area contributed by atoms with Gasteiger partial charge in [0.1, 0.15) is 17.4 Å². The Bertz CT molecular complexity index is 1190. The Morgan fingerprint density at radius 3 is 2.77 bits per heavy atom. The topological polar surface area (TPSA) is 74.0 Å². The highest BCUT2D eigenvalue weighted by Crippen LogP contribution is 2.24. The first-order valence-corrected chi connectivity index (χ1v) is 10.0. The molecule has 0 saturated carbocycles. The van der Waals surface area contributed by atoms with Crippen LogP contribution in [0.4, 0.5) is 5.69 Å². The van der Waals surface area contributed by atoms with E-state index in [1.807, 2.05) is 43.5 Å². The fourth-order valence-electron chi connectivity index (χ4n) is 3.61. The first kappa shape index (κ1) is 19.7. The third-order valence-corrected chi connectivity index (χ3v) is 5.12. The molecular formula is C23H25N5O2. The number of aryl methyl sites for hydroxylation is 2. The molecule has 0 aliphatic carbocycles. The molecule has 1 N–H and O–H groups in total. The largest absolute Gasteiger partial charge is 0.496 e. The van der Waals surface area contributed by atoms with Crippen LogP contribution in [-0.4, -0.2) is 32.1 Å². The number of carbonyl (C=O) groups excluding carboxylic acids is 1. The van der Waals surface area contributed by atoms with Crippen LogP contribution in [0, 0.1) is 6.92 Å². The number of rotatable bonds is 7. The van der Waals surface area contributed by atoms with Crippen molar-refractivity contribution in [2.75, 3.05) is 12.4 Å². The second kappa shape index (κ2) is 8.41. The van der Waals surface area contributed by atoms with Gasteiger partial charge in [0.15, 0.2) is 0 Å². The van der Waals surface area contributed by atoms with E-state index in [9.17, 15) is 4.79 Å². The molecule has 0 fully saturated rings. The molecule has 2 aromatic carbocycles. The van der Waals surface area contributed by atoms with Gasteiger partial charge in [-0.25, -0.2) is 9.97 Å². The molecule has 7 nitrogen and oxygen atoms in total. The molecule has 154 valence electrons. The molecule has 4 aromatic rings. The minimum Gasteiger partial charge on any atom is -0.496 e. The summed E-state index contributed by atoms with van der Waals surface area (Å²) in [6.07, 6.45) is 4.77. The SMILES string of the molecule is CCCn1c(Cn2ccnc2C)nc2cc(NC(=O)c3ccccc3OC)ccc21. The molecule has 7 heteroatoms. The van der Waals surface area contributed by atoms with Crippen molar-refractivity contribution in [2.24, 2.45) is 0 Å². The van der Waals surface area contributed by atoms with E-state index >= 15 is 0 Å². The molecule has 1 amide bonds. The summed E-state index contributed by atoms with van der Waals surface area (Å²) < 4.78 is 9.61. The molecule has 0 aliphatic heterocycles. The predicted octanol–water partition coefficient (Wildman–Crippen LogP) is 4.26. The number of fused-ring (bicyclic) bond motifs is 1. The van der Waals surface area contributed by atoms with Gasteiger partial charge in [-0.3, -0.25) is 4.79 Å². The fraction of sp³-hybridized carbons (Fsp3) is 0.261. The van der Waals surface area contributed by atoms with Crippen molar-refractivity contribution in [3.05, 3.63) is 72.1 Å². The maximum atomic E-state index is 12.7. The zero-order valence-electron chi connectivity index (χ0n) is 17.4. The summed E-state index contributed by atoms with van der Waals surface area (Å²) in [5.41, 5.74) is 3.10. The molecular weight excluding hydrogens is 378 g/mol. The van der Waals surface area contributed by atoms with Crippen LogP contribution in [0.3, 0.4) is 0 Å². The van der Waals surface area contributed by atoms with Crippen molar-refractivity contribution < 1.29 is 9.53 Å². The highest BCUT2D eigenvalue weighted by molar-refractivity contribution is 6.06. The number of nitrogens with one attached hydrogen (secondary N) is 1. The predicted molar refractivity (Wildman–Crippen MR) is 117 cm³/mol. The zero-order chi connectivity index (χ0) is 21.1. The number of para-hydroxylation sites is 1. The number of hydrogen-bond acceptors (Lipinski definition) is 4. The van der Waals surface area contributed by atoms with E-state index in [0.717, 1.165) is 35.6 Å². The van der Waals surface area contributed by atoms with E-state index in [1.165, 1.54) is 0 Å². The Morgan fingerprint density at radius 1 is 1.20 bits per heavy atom. The number of carbonyl (C=O) groups is 1. The molecule has 0 atom stereocenters. The van der Waals surface area contributed by atoms with Crippen LogP contribution in [-0.2, 0) is 13.1 Å². The molecule has 0 unspecified atom stereocenters. The lowest BCUT2D eigenvalue weighted by molar-refractivity contribution is 0.102. The molecule has 0 radical (unpaired) electrons. The fourth-order valence-corrected chi connectivity index (χ4v) is 3.61. The first-order chi connectivity index (χ1) is 14.6. The summed E-state index contributed by atoms with van der Waals surface area (Å²) >= 11 is 0. The lowest BCUT2D eigenvalue weighted by Crippen LogP contribution is -2.13. The standard InChI is InChI=1S/C23H25N5O2/c1-4-12-28-20-10-9-17(25-23(29)18-7-5-6-8-21(18)30-3)14-19(20)26-22(28)15-27-13-11-24-16(27)2/h5-11,13-14H,4,12,15H2,1-3H3,(H,25,29). The molecule has 2 heterocycles. The second-order valence-electron chi connectivity index (χ2n) is 7.14. The minimum absolute atomic E-state index is 0.214. The van der Waals surface area contributed by atoms with Crippen molar-refractivity contribution in [3.8, 4) is 5.75 Å². The summed E-state index contributed by atoms with van der Waals surface area (Å²) in [6, 6.07) is 13.0. The van der Waals surface area contributed by atoms with Crippen molar-refractivity contribution in [1.29, 1.82) is 0 Å². The molecule has 0 spiro atoms. The Morgan fingerprint density at radius 2 is 2.03 bits per heavy atom. The maximum absolute atomic E-state index is 12.7. The van der Waals surface area contributed by atoms with Gasteiger partial charge >= 0.3 is 0 Å². The summed E-state index contributed by atoms with van der Waals surface area (Å²) in [6.45, 7) is 5.67. The Hall–Kier alpha value is -3.61. The van der Waals surface area contributed by atoms with Gasteiger partial charge in [-0.05, 0) is 43.7 Å². The number of aromatic nitrogens is 4. The number of nitrogens with zero attached hydrogens (tertiary/aromatic N) is 4. The van der Waals surface area contributed by atoms with E-state index in [2.05, 4.69) is 26.4 Å². The van der Waals surface area contributed by atoms with Gasteiger partial charge in [-0.1, -0.05) is 19.1 Å². The molecule has 0 saturated heterocycles. The van der Waals surface area contributed by atoms with Crippen LogP contribution in [0.2, 0.25) is 0 Å². The number of hydrogen-bond donors (Lipinski definition) is 1. The number of methoxy groups -OCH3 is 1. The van der Waals surface area contributed by atoms with Gasteiger partial charge in [0.2, 0.25) is 0 Å². The number of benzene rings is 2. The molecule has 0 bridgehead atoms. The Balaban J connectivity index is 1.65.